The molecule has 1 atom stereocenters. The van der Waals surface area contributed by atoms with Gasteiger partial charge in [0.25, 0.3) is 0 Å². The molecule has 0 aromatic carbocycles. The number of aromatic nitrogens is 3. The first-order chi connectivity index (χ1) is 10.0. The van der Waals surface area contributed by atoms with Gasteiger partial charge < -0.3 is 10.5 Å². The Morgan fingerprint density at radius 1 is 1.24 bits per heavy atom. The summed E-state index contributed by atoms with van der Waals surface area (Å²) in [5.41, 5.74) is 9.41. The average Bonchev–Trinajstić information content (AvgIpc) is 2.89. The highest BCUT2D eigenvalue weighted by Gasteiger charge is 2.16. The van der Waals surface area contributed by atoms with Crippen LogP contribution < -0.4 is 10.5 Å². The molecule has 2 heterocycles. The molecular weight excluding hydrogens is 264 g/mol. The van der Waals surface area contributed by atoms with Gasteiger partial charge in [0.2, 0.25) is 0 Å². The number of hydrogen-bond donors (Lipinski definition) is 1. The van der Waals surface area contributed by atoms with E-state index in [0.717, 1.165) is 35.7 Å². The van der Waals surface area contributed by atoms with Crippen molar-refractivity contribution >= 4 is 0 Å². The maximum atomic E-state index is 6.40. The molecule has 2 rings (SSSR count). The van der Waals surface area contributed by atoms with Gasteiger partial charge in [-0.25, -0.2) is 0 Å². The molecule has 0 radical (unpaired) electrons. The minimum Gasteiger partial charge on any atom is -0.489 e. The highest BCUT2D eigenvalue weighted by Crippen LogP contribution is 2.23. The van der Waals surface area contributed by atoms with E-state index in [1.54, 1.807) is 12.4 Å². The molecule has 2 N–H and O–H groups in total. The summed E-state index contributed by atoms with van der Waals surface area (Å²) in [4.78, 5) is 4.23. The molecule has 0 spiro atoms. The molecule has 0 aliphatic carbocycles. The van der Waals surface area contributed by atoms with E-state index in [-0.39, 0.29) is 12.1 Å². The second-order valence-electron chi connectivity index (χ2n) is 5.33. The standard InChI is InChI=1S/C16H24N4O/c1-5-13-8-15(20(6-2)19-13)16(17)12-7-14(10-18-9-12)21-11(3)4/h7-11,16H,5-6,17H2,1-4H3. The zero-order valence-corrected chi connectivity index (χ0v) is 13.2. The molecule has 5 nitrogen and oxygen atoms in total. The van der Waals surface area contributed by atoms with Crippen LogP contribution in [0.3, 0.4) is 0 Å². The lowest BCUT2D eigenvalue weighted by Crippen LogP contribution is -2.17. The average molecular weight is 288 g/mol. The summed E-state index contributed by atoms with van der Waals surface area (Å²) in [6, 6.07) is 3.78. The largest absolute Gasteiger partial charge is 0.489 e. The van der Waals surface area contributed by atoms with Crippen molar-refractivity contribution in [1.29, 1.82) is 0 Å². The molecule has 0 aliphatic heterocycles. The Hall–Kier alpha value is -1.88. The lowest BCUT2D eigenvalue weighted by atomic mass is 10.1. The van der Waals surface area contributed by atoms with Crippen LogP contribution in [0.1, 0.15) is 50.7 Å². The number of hydrogen-bond acceptors (Lipinski definition) is 4. The van der Waals surface area contributed by atoms with E-state index in [4.69, 9.17) is 10.5 Å². The molecule has 5 heteroatoms. The number of rotatable bonds is 6. The number of ether oxygens (including phenoxy) is 1. The van der Waals surface area contributed by atoms with Gasteiger partial charge in [-0.15, -0.1) is 0 Å². The molecule has 0 bridgehead atoms. The van der Waals surface area contributed by atoms with Crippen LogP contribution in [-0.4, -0.2) is 20.9 Å². The van der Waals surface area contributed by atoms with Crippen LogP contribution in [-0.2, 0) is 13.0 Å². The fourth-order valence-corrected chi connectivity index (χ4v) is 2.28. The minimum atomic E-state index is -0.249. The maximum absolute atomic E-state index is 6.40. The van der Waals surface area contributed by atoms with E-state index in [1.165, 1.54) is 0 Å². The fraction of sp³-hybridized carbons (Fsp3) is 0.500. The van der Waals surface area contributed by atoms with Crippen LogP contribution >= 0.6 is 0 Å². The summed E-state index contributed by atoms with van der Waals surface area (Å²) in [5.74, 6) is 0.747. The third kappa shape index (κ3) is 3.61. The Balaban J connectivity index is 2.31. The first-order valence-electron chi connectivity index (χ1n) is 7.48. The molecule has 2 aromatic heterocycles. The second-order valence-corrected chi connectivity index (χ2v) is 5.33. The summed E-state index contributed by atoms with van der Waals surface area (Å²) in [6.45, 7) is 8.95. The predicted molar refractivity (Wildman–Crippen MR) is 83.3 cm³/mol. The Bertz CT molecular complexity index is 592. The van der Waals surface area contributed by atoms with Crippen LogP contribution in [0.4, 0.5) is 0 Å². The Morgan fingerprint density at radius 3 is 2.62 bits per heavy atom. The van der Waals surface area contributed by atoms with Crippen molar-refractivity contribution in [3.63, 3.8) is 0 Å². The van der Waals surface area contributed by atoms with Crippen LogP contribution in [0.5, 0.6) is 5.75 Å². The van der Waals surface area contributed by atoms with Gasteiger partial charge >= 0.3 is 0 Å². The van der Waals surface area contributed by atoms with Gasteiger partial charge in [-0.1, -0.05) is 6.92 Å². The van der Waals surface area contributed by atoms with Crippen molar-refractivity contribution in [3.8, 4) is 5.75 Å². The molecule has 114 valence electrons. The molecule has 0 amide bonds. The van der Waals surface area contributed by atoms with Crippen LogP contribution in [0.25, 0.3) is 0 Å². The Labute approximate surface area is 126 Å². The van der Waals surface area contributed by atoms with E-state index in [0.29, 0.717) is 0 Å². The SMILES string of the molecule is CCc1cc(C(N)c2cncc(OC(C)C)c2)n(CC)n1. The van der Waals surface area contributed by atoms with Gasteiger partial charge in [0.05, 0.1) is 29.7 Å². The Morgan fingerprint density at radius 2 is 2.00 bits per heavy atom. The highest BCUT2D eigenvalue weighted by atomic mass is 16.5. The Kier molecular flexibility index (Phi) is 4.96. The molecule has 0 saturated carbocycles. The zero-order chi connectivity index (χ0) is 15.4. The molecule has 0 saturated heterocycles. The van der Waals surface area contributed by atoms with E-state index in [9.17, 15) is 0 Å². The molecule has 0 fully saturated rings. The lowest BCUT2D eigenvalue weighted by molar-refractivity contribution is 0.241. The molecule has 0 aliphatic rings. The van der Waals surface area contributed by atoms with E-state index < -0.39 is 0 Å². The summed E-state index contributed by atoms with van der Waals surface area (Å²) >= 11 is 0. The van der Waals surface area contributed by atoms with Gasteiger partial charge in [0, 0.05) is 12.7 Å². The van der Waals surface area contributed by atoms with Crippen LogP contribution in [0.2, 0.25) is 0 Å². The number of aryl methyl sites for hydroxylation is 2. The number of nitrogens with two attached hydrogens (primary N) is 1. The lowest BCUT2D eigenvalue weighted by Gasteiger charge is -2.15. The monoisotopic (exact) mass is 288 g/mol. The molecule has 1 unspecified atom stereocenters. The van der Waals surface area contributed by atoms with Crippen LogP contribution in [0.15, 0.2) is 24.5 Å². The van der Waals surface area contributed by atoms with Crippen molar-refractivity contribution in [1.82, 2.24) is 14.8 Å². The fourth-order valence-electron chi connectivity index (χ4n) is 2.28. The first kappa shape index (κ1) is 15.5. The van der Waals surface area contributed by atoms with Gasteiger partial charge in [0.15, 0.2) is 0 Å². The first-order valence-corrected chi connectivity index (χ1v) is 7.48. The van der Waals surface area contributed by atoms with Crippen molar-refractivity contribution in [3.05, 3.63) is 41.5 Å². The molecule has 21 heavy (non-hydrogen) atoms. The molecular formula is C16H24N4O. The van der Waals surface area contributed by atoms with Crippen LogP contribution in [0, 0.1) is 0 Å². The predicted octanol–water partition coefficient (Wildman–Crippen LogP) is 2.70. The third-order valence-electron chi connectivity index (χ3n) is 3.31. The van der Waals surface area contributed by atoms with E-state index in [1.807, 2.05) is 24.6 Å². The second kappa shape index (κ2) is 6.72. The normalized spacial score (nSPS) is 12.7. The van der Waals surface area contributed by atoms with Gasteiger partial charge in [-0.2, -0.15) is 5.10 Å². The van der Waals surface area contributed by atoms with Crippen molar-refractivity contribution < 1.29 is 4.74 Å². The minimum absolute atomic E-state index is 0.117. The van der Waals surface area contributed by atoms with Gasteiger partial charge in [0.1, 0.15) is 5.75 Å². The maximum Gasteiger partial charge on any atom is 0.138 e. The topological polar surface area (TPSA) is 66.0 Å². The highest BCUT2D eigenvalue weighted by molar-refractivity contribution is 5.32. The quantitative estimate of drug-likeness (QED) is 0.887. The van der Waals surface area contributed by atoms with Gasteiger partial charge in [-0.3, -0.25) is 9.67 Å². The van der Waals surface area contributed by atoms with Crippen molar-refractivity contribution in [2.75, 3.05) is 0 Å². The number of nitrogens with zero attached hydrogens (tertiary/aromatic N) is 3. The molecule has 2 aromatic rings. The van der Waals surface area contributed by atoms with Gasteiger partial charge in [-0.05, 0) is 44.9 Å². The summed E-state index contributed by atoms with van der Waals surface area (Å²) in [6.07, 6.45) is 4.52. The summed E-state index contributed by atoms with van der Waals surface area (Å²) < 4.78 is 7.64. The van der Waals surface area contributed by atoms with Crippen molar-refractivity contribution in [2.24, 2.45) is 5.73 Å². The zero-order valence-electron chi connectivity index (χ0n) is 13.2. The van der Waals surface area contributed by atoms with E-state index >= 15 is 0 Å². The summed E-state index contributed by atoms with van der Waals surface area (Å²) in [5, 5.41) is 4.55. The smallest absolute Gasteiger partial charge is 0.138 e. The summed E-state index contributed by atoms with van der Waals surface area (Å²) in [7, 11) is 0. The van der Waals surface area contributed by atoms with E-state index in [2.05, 4.69) is 30.0 Å². The third-order valence-corrected chi connectivity index (χ3v) is 3.31. The number of pyridine rings is 1. The van der Waals surface area contributed by atoms with Crippen molar-refractivity contribution in [2.45, 2.75) is 52.8 Å².